The highest BCUT2D eigenvalue weighted by molar-refractivity contribution is 6.13. The lowest BCUT2D eigenvalue weighted by Crippen LogP contribution is -2.25. The van der Waals surface area contributed by atoms with Crippen LogP contribution in [0.1, 0.15) is 33.7 Å². The van der Waals surface area contributed by atoms with Crippen molar-refractivity contribution in [3.8, 4) is 11.1 Å². The molecule has 193 valence electrons. The fourth-order valence-corrected chi connectivity index (χ4v) is 4.98. The Balaban J connectivity index is 1.54. The van der Waals surface area contributed by atoms with Gasteiger partial charge in [-0.1, -0.05) is 18.2 Å². The van der Waals surface area contributed by atoms with Crippen molar-refractivity contribution in [1.29, 1.82) is 0 Å². The number of carbonyl (C=O) groups is 2. The molecule has 37 heavy (non-hydrogen) atoms. The van der Waals surface area contributed by atoms with Crippen LogP contribution < -0.4 is 0 Å². The van der Waals surface area contributed by atoms with Crippen molar-refractivity contribution < 1.29 is 19.1 Å². The molecule has 0 bridgehead atoms. The zero-order chi connectivity index (χ0) is 25.9. The minimum absolute atomic E-state index is 0.283. The molecule has 1 N–H and O–H groups in total. The summed E-state index contributed by atoms with van der Waals surface area (Å²) >= 11 is 0. The highest BCUT2D eigenvalue weighted by Crippen LogP contribution is 2.38. The fourth-order valence-electron chi connectivity index (χ4n) is 4.98. The molecule has 1 fully saturated rings. The van der Waals surface area contributed by atoms with Gasteiger partial charge < -0.3 is 23.9 Å². The van der Waals surface area contributed by atoms with Crippen molar-refractivity contribution in [2.45, 2.75) is 12.8 Å². The first-order valence-electron chi connectivity index (χ1n) is 12.8. The number of aromatic nitrogens is 2. The van der Waals surface area contributed by atoms with Gasteiger partial charge in [-0.3, -0.25) is 4.90 Å². The van der Waals surface area contributed by atoms with Gasteiger partial charge in [-0.25, -0.2) is 9.59 Å². The van der Waals surface area contributed by atoms with Crippen molar-refractivity contribution in [3.63, 3.8) is 0 Å². The molecule has 0 saturated carbocycles. The van der Waals surface area contributed by atoms with Crippen LogP contribution in [0.4, 0.5) is 0 Å². The summed E-state index contributed by atoms with van der Waals surface area (Å²) in [4.78, 5) is 33.9. The second kappa shape index (κ2) is 10.8. The Kier molecular flexibility index (Phi) is 7.30. The Morgan fingerprint density at radius 1 is 1.03 bits per heavy atom. The van der Waals surface area contributed by atoms with Crippen molar-refractivity contribution in [2.24, 2.45) is 7.05 Å². The smallest absolute Gasteiger partial charge is 0.355 e. The van der Waals surface area contributed by atoms with E-state index in [2.05, 4.69) is 16.0 Å². The number of nitrogens with one attached hydrogen (secondary N) is 1. The maximum absolute atomic E-state index is 13.4. The first-order valence-corrected chi connectivity index (χ1v) is 12.8. The number of H-pyrrole nitrogens is 1. The van der Waals surface area contributed by atoms with Crippen LogP contribution in [-0.4, -0.2) is 84.8 Å². The van der Waals surface area contributed by atoms with E-state index >= 15 is 0 Å². The van der Waals surface area contributed by atoms with Crippen LogP contribution in [0.25, 0.3) is 32.9 Å². The van der Waals surface area contributed by atoms with E-state index in [1.54, 1.807) is 10.6 Å². The maximum atomic E-state index is 13.4. The first kappa shape index (κ1) is 25.0. The number of aromatic amines is 1. The molecule has 2 aromatic carbocycles. The van der Waals surface area contributed by atoms with Gasteiger partial charge >= 0.3 is 11.9 Å². The predicted octanol–water partition coefficient (Wildman–Crippen LogP) is 4.10. The number of aryl methyl sites for hydroxylation is 1. The largest absolute Gasteiger partial charge is 0.461 e. The van der Waals surface area contributed by atoms with E-state index in [9.17, 15) is 9.59 Å². The highest BCUT2D eigenvalue weighted by atomic mass is 16.5. The zero-order valence-corrected chi connectivity index (χ0v) is 21.7. The molecule has 0 unspecified atom stereocenters. The Labute approximate surface area is 216 Å². The molecule has 0 spiro atoms. The van der Waals surface area contributed by atoms with E-state index in [0.29, 0.717) is 35.4 Å². The molecule has 0 aliphatic carbocycles. The van der Waals surface area contributed by atoms with E-state index in [-0.39, 0.29) is 12.6 Å². The summed E-state index contributed by atoms with van der Waals surface area (Å²) in [5, 5.41) is 1.66. The Bertz CT molecular complexity index is 1430. The Morgan fingerprint density at radius 2 is 1.78 bits per heavy atom. The number of esters is 2. The second-order valence-corrected chi connectivity index (χ2v) is 9.79. The number of likely N-dealkylation sites (tertiary alicyclic amines) is 1. The highest BCUT2D eigenvalue weighted by Gasteiger charge is 2.24. The van der Waals surface area contributed by atoms with Gasteiger partial charge in [0.15, 0.2) is 0 Å². The third kappa shape index (κ3) is 5.12. The van der Waals surface area contributed by atoms with Crippen molar-refractivity contribution >= 4 is 33.7 Å². The van der Waals surface area contributed by atoms with Crippen LogP contribution in [0.5, 0.6) is 0 Å². The Hall–Kier alpha value is -3.62. The number of ether oxygens (including phenoxy) is 2. The third-order valence-electron chi connectivity index (χ3n) is 7.01. The predicted molar refractivity (Wildman–Crippen MR) is 144 cm³/mol. The lowest BCUT2D eigenvalue weighted by atomic mass is 9.95. The molecule has 4 aromatic rings. The number of hydrogen-bond donors (Lipinski definition) is 1. The summed E-state index contributed by atoms with van der Waals surface area (Å²) in [5.74, 6) is -0.825. The number of carbonyl (C=O) groups excluding carboxylic acids is 2. The fraction of sp³-hybridized carbons (Fsp3) is 0.379. The van der Waals surface area contributed by atoms with E-state index in [4.69, 9.17) is 9.47 Å². The minimum Gasteiger partial charge on any atom is -0.461 e. The van der Waals surface area contributed by atoms with Gasteiger partial charge in [0.05, 0.1) is 5.56 Å². The second-order valence-electron chi connectivity index (χ2n) is 9.79. The molecule has 1 saturated heterocycles. The number of nitrogens with zero attached hydrogens (tertiary/aromatic N) is 3. The Morgan fingerprint density at radius 3 is 2.57 bits per heavy atom. The molecule has 1 radical (unpaired) electrons. The van der Waals surface area contributed by atoms with Gasteiger partial charge in [-0.2, -0.15) is 0 Å². The van der Waals surface area contributed by atoms with E-state index in [1.807, 2.05) is 62.6 Å². The number of rotatable bonds is 9. The minimum atomic E-state index is -0.444. The topological polar surface area (TPSA) is 79.8 Å². The van der Waals surface area contributed by atoms with Crippen LogP contribution in [0.15, 0.2) is 42.6 Å². The van der Waals surface area contributed by atoms with Crippen LogP contribution >= 0.6 is 0 Å². The summed E-state index contributed by atoms with van der Waals surface area (Å²) in [6, 6.07) is 14.8. The maximum Gasteiger partial charge on any atom is 0.355 e. The monoisotopic (exact) mass is 501 g/mol. The lowest BCUT2D eigenvalue weighted by molar-refractivity contribution is 0.0463. The molecule has 0 amide bonds. The van der Waals surface area contributed by atoms with Gasteiger partial charge in [-0.15, -0.1) is 0 Å². The molecule has 8 heteroatoms. The van der Waals surface area contributed by atoms with Gasteiger partial charge in [0.25, 0.3) is 0 Å². The van der Waals surface area contributed by atoms with Crippen LogP contribution in [0, 0.1) is 6.07 Å². The van der Waals surface area contributed by atoms with Crippen molar-refractivity contribution in [1.82, 2.24) is 19.4 Å². The standard InChI is InChI=1S/C29H33N4O4/c1-31(2)14-16-37-29(35)26-18-22-25(32(26)3)11-10-21(28(34)36-17-15-33-12-6-7-13-33)27(22)23-19-30-24-9-5-4-8-20(23)24/h4-5,8-11,19,30H,6-7,12-17H2,1-3H3. The van der Waals surface area contributed by atoms with Crippen molar-refractivity contribution in [3.05, 3.63) is 59.9 Å². The number of fused-ring (bicyclic) bond motifs is 2. The van der Waals surface area contributed by atoms with E-state index in [1.165, 1.54) is 12.8 Å². The van der Waals surface area contributed by atoms with E-state index < -0.39 is 5.97 Å². The molecule has 3 heterocycles. The van der Waals surface area contributed by atoms with Crippen LogP contribution in [0.2, 0.25) is 0 Å². The number of benzene rings is 2. The molecule has 1 aliphatic rings. The summed E-state index contributed by atoms with van der Waals surface area (Å²) in [6.07, 6.45) is 4.29. The lowest BCUT2D eigenvalue weighted by Gasteiger charge is -2.15. The molecule has 1 aliphatic heterocycles. The van der Waals surface area contributed by atoms with Crippen molar-refractivity contribution in [2.75, 3.05) is 53.5 Å². The zero-order valence-electron chi connectivity index (χ0n) is 21.7. The molecule has 0 atom stereocenters. The molecular formula is C29H33N4O4. The number of para-hydroxylation sites is 1. The van der Waals surface area contributed by atoms with Gasteiger partial charge in [0.2, 0.25) is 0 Å². The SMILES string of the molecule is CN(C)CCOC(=O)c1[c]c2c(-c3c[nH]c4ccccc34)c(C(=O)OCCN3CCCC3)ccc2n1C. The number of likely N-dealkylation sites (N-methyl/N-ethyl adjacent to an activating group) is 1. The molecule has 2 aromatic heterocycles. The first-order chi connectivity index (χ1) is 17.9. The number of hydrogen-bond acceptors (Lipinski definition) is 6. The molecular weight excluding hydrogens is 468 g/mol. The molecule has 5 rings (SSSR count). The van der Waals surface area contributed by atoms with Gasteiger partial charge in [0.1, 0.15) is 18.9 Å². The summed E-state index contributed by atoms with van der Waals surface area (Å²) < 4.78 is 13.0. The molecule has 8 nitrogen and oxygen atoms in total. The van der Waals surface area contributed by atoms with E-state index in [0.717, 1.165) is 41.6 Å². The average Bonchev–Trinajstić information content (AvgIpc) is 3.62. The summed E-state index contributed by atoms with van der Waals surface area (Å²) in [7, 11) is 5.67. The quantitative estimate of drug-likeness (QED) is 0.348. The van der Waals surface area contributed by atoms with Gasteiger partial charge in [0, 0.05) is 65.3 Å². The van der Waals surface area contributed by atoms with Crippen LogP contribution in [-0.2, 0) is 16.5 Å². The van der Waals surface area contributed by atoms with Gasteiger partial charge in [-0.05, 0) is 58.2 Å². The normalized spacial score (nSPS) is 14.2. The summed E-state index contributed by atoms with van der Waals surface area (Å²) in [5.41, 5.74) is 4.07. The van der Waals surface area contributed by atoms with Crippen LogP contribution in [0.3, 0.4) is 0 Å². The average molecular weight is 502 g/mol. The summed E-state index contributed by atoms with van der Waals surface area (Å²) in [6.45, 7) is 4.09. The third-order valence-corrected chi connectivity index (χ3v) is 7.01.